The first-order chi connectivity index (χ1) is 16.7. The summed E-state index contributed by atoms with van der Waals surface area (Å²) in [6.07, 6.45) is 4.80. The van der Waals surface area contributed by atoms with Crippen LogP contribution in [-0.4, -0.2) is 60.3 Å². The van der Waals surface area contributed by atoms with E-state index in [4.69, 9.17) is 14.2 Å². The number of hydrogen-bond acceptors (Lipinski definition) is 7. The number of ether oxygens (including phenoxy) is 3. The lowest BCUT2D eigenvalue weighted by Gasteiger charge is -2.51. The van der Waals surface area contributed by atoms with Crippen LogP contribution in [0.5, 0.6) is 0 Å². The van der Waals surface area contributed by atoms with Crippen LogP contribution in [-0.2, 0) is 23.8 Å². The monoisotopic (exact) mass is 561 g/mol. The smallest absolute Gasteiger partial charge is 0.335 e. The second-order valence-electron chi connectivity index (χ2n) is 12.1. The van der Waals surface area contributed by atoms with E-state index >= 15 is 0 Å². The van der Waals surface area contributed by atoms with Gasteiger partial charge in [0.05, 0.1) is 12.0 Å². The van der Waals surface area contributed by atoms with E-state index < -0.39 is 35.0 Å². The summed E-state index contributed by atoms with van der Waals surface area (Å²) < 4.78 is 18.9. The number of carbonyl (C=O) groups is 2. The minimum Gasteiger partial charge on any atom is -0.451 e. The van der Waals surface area contributed by atoms with Crippen LogP contribution in [0.1, 0.15) is 54.4 Å². The van der Waals surface area contributed by atoms with E-state index in [2.05, 4.69) is 34.8 Å². The van der Waals surface area contributed by atoms with E-state index in [-0.39, 0.29) is 29.6 Å². The molecule has 2 saturated carbocycles. The van der Waals surface area contributed by atoms with Crippen LogP contribution in [0.3, 0.4) is 0 Å². The molecule has 1 spiro atoms. The van der Waals surface area contributed by atoms with E-state index in [9.17, 15) is 14.7 Å². The molecule has 1 N–H and O–H groups in total. The summed E-state index contributed by atoms with van der Waals surface area (Å²) in [5, 5.41) is 12.8. The molecule has 196 valence electrons. The van der Waals surface area contributed by atoms with Gasteiger partial charge in [-0.3, -0.25) is 9.79 Å². The van der Waals surface area contributed by atoms with Crippen LogP contribution >= 0.6 is 15.9 Å². The molecule has 0 aromatic rings. The summed E-state index contributed by atoms with van der Waals surface area (Å²) in [5.74, 6) is -1.31. The van der Waals surface area contributed by atoms with Gasteiger partial charge in [0.2, 0.25) is 0 Å². The van der Waals surface area contributed by atoms with Gasteiger partial charge in [-0.25, -0.2) is 4.79 Å². The predicted octanol–water partition coefficient (Wildman–Crippen LogP) is 4.29. The molecule has 0 aromatic carbocycles. The zero-order valence-electron chi connectivity index (χ0n) is 22.1. The minimum atomic E-state index is -1.79. The number of aliphatic imine (C=N–C) groups is 1. The number of aliphatic hydroxyl groups is 1. The molecule has 0 amide bonds. The van der Waals surface area contributed by atoms with Crippen LogP contribution in [0.4, 0.5) is 0 Å². The van der Waals surface area contributed by atoms with Crippen molar-refractivity contribution >= 4 is 33.9 Å². The molecule has 4 aliphatic carbocycles. The van der Waals surface area contributed by atoms with Crippen molar-refractivity contribution in [2.24, 2.45) is 33.6 Å². The number of fused-ring (bicyclic) bond motifs is 5. The van der Waals surface area contributed by atoms with Gasteiger partial charge in [0.1, 0.15) is 6.10 Å². The Bertz CT molecular complexity index is 1150. The molecule has 1 heterocycles. The highest BCUT2D eigenvalue weighted by Crippen LogP contribution is 2.71. The lowest BCUT2D eigenvalue weighted by atomic mass is 9.63. The molecular weight excluding hydrogens is 526 g/mol. The number of carbonyl (C=O) groups excluding carboxylic acids is 2. The average molecular weight is 563 g/mol. The fraction of sp³-hybridized carbons (Fsp3) is 0.679. The maximum atomic E-state index is 14.5. The lowest BCUT2D eigenvalue weighted by molar-refractivity contribution is -0.301. The van der Waals surface area contributed by atoms with Gasteiger partial charge >= 0.3 is 5.97 Å². The summed E-state index contributed by atoms with van der Waals surface area (Å²) in [6.45, 7) is 11.8. The van der Waals surface area contributed by atoms with Crippen molar-refractivity contribution in [2.45, 2.75) is 78.0 Å². The normalized spacial score (nSPS) is 42.7. The molecule has 7 atom stereocenters. The van der Waals surface area contributed by atoms with E-state index in [0.29, 0.717) is 28.0 Å². The Morgan fingerprint density at radius 1 is 1.31 bits per heavy atom. The van der Waals surface area contributed by atoms with E-state index in [1.165, 1.54) is 6.21 Å². The first kappa shape index (κ1) is 26.0. The molecular formula is C28H36BrNO6. The number of hydrogen-bond donors (Lipinski definition) is 1. The molecule has 8 heteroatoms. The number of nitrogens with zero attached hydrogens (tertiary/aromatic N) is 1. The van der Waals surface area contributed by atoms with Crippen LogP contribution in [0.2, 0.25) is 0 Å². The highest BCUT2D eigenvalue weighted by atomic mass is 79.9. The molecule has 7 nitrogen and oxygen atoms in total. The van der Waals surface area contributed by atoms with E-state index in [0.717, 1.165) is 12.0 Å². The minimum absolute atomic E-state index is 0.00385. The Kier molecular flexibility index (Phi) is 5.92. The Labute approximate surface area is 221 Å². The van der Waals surface area contributed by atoms with Crippen molar-refractivity contribution in [1.82, 2.24) is 0 Å². The standard InChI is InChI=1S/C28H36BrNO6/c1-14-11-27-9-8-18-20(25(18,3)4)17(21(27)31)10-16-13-34-26(5,6)36-23(16)28(27,33)22(14)35-24(32)15(2)19(29)12-30-7/h10-12,17-18,20,22-23,33H,8-9,13H2,1-7H3/b19-15-,30-12-/t17?,18?,20-,22?,23?,27?,28?/m0/s1. The first-order valence-electron chi connectivity index (χ1n) is 12.7. The van der Waals surface area contributed by atoms with Crippen molar-refractivity contribution in [3.63, 3.8) is 0 Å². The molecule has 6 unspecified atom stereocenters. The number of Topliss-reactive ketones (excluding diaryl/α,β-unsaturated/α-hetero) is 1. The fourth-order valence-electron chi connectivity index (χ4n) is 7.42. The van der Waals surface area contributed by atoms with Crippen molar-refractivity contribution in [3.8, 4) is 0 Å². The molecule has 0 radical (unpaired) electrons. The van der Waals surface area contributed by atoms with Crippen molar-refractivity contribution in [3.05, 3.63) is 33.4 Å². The van der Waals surface area contributed by atoms with Gasteiger partial charge in [-0.1, -0.05) is 26.0 Å². The van der Waals surface area contributed by atoms with Crippen molar-refractivity contribution in [2.75, 3.05) is 13.7 Å². The molecule has 2 bridgehead atoms. The second-order valence-corrected chi connectivity index (χ2v) is 13.0. The highest BCUT2D eigenvalue weighted by Gasteiger charge is 2.75. The van der Waals surface area contributed by atoms with Gasteiger partial charge < -0.3 is 19.3 Å². The number of esters is 1. The Morgan fingerprint density at radius 3 is 2.67 bits per heavy atom. The Hall–Kier alpha value is -1.61. The van der Waals surface area contributed by atoms with Gasteiger partial charge in [-0.05, 0) is 84.9 Å². The van der Waals surface area contributed by atoms with Gasteiger partial charge in [-0.15, -0.1) is 0 Å². The number of ketones is 1. The summed E-state index contributed by atoms with van der Waals surface area (Å²) >= 11 is 3.36. The highest BCUT2D eigenvalue weighted by molar-refractivity contribution is 9.12. The molecule has 5 aliphatic rings. The zero-order valence-corrected chi connectivity index (χ0v) is 23.6. The fourth-order valence-corrected chi connectivity index (χ4v) is 7.79. The molecule has 1 aliphatic heterocycles. The van der Waals surface area contributed by atoms with Crippen LogP contribution < -0.4 is 0 Å². The summed E-state index contributed by atoms with van der Waals surface area (Å²) in [5.41, 5.74) is -1.22. The van der Waals surface area contributed by atoms with Gasteiger partial charge in [-0.2, -0.15) is 0 Å². The maximum Gasteiger partial charge on any atom is 0.335 e. The third-order valence-corrected chi connectivity index (χ3v) is 10.2. The summed E-state index contributed by atoms with van der Waals surface area (Å²) in [7, 11) is 1.61. The Balaban J connectivity index is 1.65. The van der Waals surface area contributed by atoms with Gasteiger partial charge in [0.15, 0.2) is 23.3 Å². The zero-order chi connectivity index (χ0) is 26.4. The molecule has 3 fully saturated rings. The topological polar surface area (TPSA) is 94.4 Å². The number of rotatable bonds is 3. The average Bonchev–Trinajstić information content (AvgIpc) is 3.33. The predicted molar refractivity (Wildman–Crippen MR) is 139 cm³/mol. The Morgan fingerprint density at radius 2 is 2.00 bits per heavy atom. The summed E-state index contributed by atoms with van der Waals surface area (Å²) in [4.78, 5) is 31.7. The van der Waals surface area contributed by atoms with Crippen molar-refractivity contribution < 1.29 is 28.9 Å². The van der Waals surface area contributed by atoms with E-state index in [1.807, 2.05) is 19.1 Å². The summed E-state index contributed by atoms with van der Waals surface area (Å²) in [6, 6.07) is 0. The van der Waals surface area contributed by atoms with Crippen LogP contribution in [0, 0.1) is 28.6 Å². The van der Waals surface area contributed by atoms with Gasteiger partial charge in [0.25, 0.3) is 0 Å². The third kappa shape index (κ3) is 3.44. The first-order valence-corrected chi connectivity index (χ1v) is 13.5. The van der Waals surface area contributed by atoms with Crippen LogP contribution in [0.15, 0.2) is 38.3 Å². The van der Waals surface area contributed by atoms with E-state index in [1.54, 1.807) is 27.8 Å². The molecule has 1 saturated heterocycles. The largest absolute Gasteiger partial charge is 0.451 e. The lowest BCUT2D eigenvalue weighted by Crippen LogP contribution is -2.66. The molecule has 0 aromatic heterocycles. The van der Waals surface area contributed by atoms with Crippen molar-refractivity contribution in [1.29, 1.82) is 0 Å². The van der Waals surface area contributed by atoms with Crippen LogP contribution in [0.25, 0.3) is 0 Å². The molecule has 5 rings (SSSR count). The molecule has 36 heavy (non-hydrogen) atoms. The number of allylic oxidation sites excluding steroid dienone is 2. The maximum absolute atomic E-state index is 14.5. The number of halogens is 1. The van der Waals surface area contributed by atoms with Gasteiger partial charge in [0, 0.05) is 29.2 Å². The second kappa shape index (κ2) is 8.19. The SMILES string of the molecule is C/N=C\C(Br)=C(/C)C(=O)OC1C(C)=CC23CCC4[C@H](C(C=C5COC(C)(C)OC5C12O)C3=O)C4(C)C. The third-order valence-electron chi connectivity index (χ3n) is 9.37. The quantitative estimate of drug-likeness (QED) is 0.239.